The van der Waals surface area contributed by atoms with Crippen LogP contribution in [-0.4, -0.2) is 42.8 Å². The highest BCUT2D eigenvalue weighted by molar-refractivity contribution is 5.93. The number of likely N-dealkylation sites (tertiary alicyclic amines) is 1. The Morgan fingerprint density at radius 3 is 3.00 bits per heavy atom. The van der Waals surface area contributed by atoms with Gasteiger partial charge in [-0.25, -0.2) is 9.97 Å². The third kappa shape index (κ3) is 3.44. The molecule has 0 aromatic carbocycles. The summed E-state index contributed by atoms with van der Waals surface area (Å²) >= 11 is 0. The molecule has 7 heteroatoms. The zero-order chi connectivity index (χ0) is 19.5. The Morgan fingerprint density at radius 2 is 2.14 bits per heavy atom. The maximum absolute atomic E-state index is 13.1. The molecule has 0 saturated carbocycles. The molecule has 146 valence electrons. The number of pyridine rings is 1. The predicted molar refractivity (Wildman–Crippen MR) is 106 cm³/mol. The van der Waals surface area contributed by atoms with Gasteiger partial charge in [-0.1, -0.05) is 19.4 Å². The van der Waals surface area contributed by atoms with Gasteiger partial charge in [0.25, 0.3) is 11.5 Å². The Labute approximate surface area is 163 Å². The van der Waals surface area contributed by atoms with E-state index in [1.165, 1.54) is 10.6 Å². The maximum Gasteiger partial charge on any atom is 0.270 e. The van der Waals surface area contributed by atoms with E-state index in [2.05, 4.69) is 21.5 Å². The number of nitrogens with zero attached hydrogens (tertiary/aromatic N) is 5. The average molecular weight is 379 g/mol. The van der Waals surface area contributed by atoms with Crippen LogP contribution in [0.5, 0.6) is 0 Å². The zero-order valence-electron chi connectivity index (χ0n) is 16.1. The minimum absolute atomic E-state index is 0.124. The van der Waals surface area contributed by atoms with Crippen molar-refractivity contribution in [2.45, 2.75) is 45.1 Å². The summed E-state index contributed by atoms with van der Waals surface area (Å²) in [5.41, 5.74) is 0.347. The van der Waals surface area contributed by atoms with Crippen LogP contribution >= 0.6 is 0 Å². The Kier molecular flexibility index (Phi) is 5.23. The molecule has 1 amide bonds. The van der Waals surface area contributed by atoms with E-state index in [9.17, 15) is 9.59 Å². The summed E-state index contributed by atoms with van der Waals surface area (Å²) in [6, 6.07) is 5.33. The van der Waals surface area contributed by atoms with Crippen molar-refractivity contribution in [1.29, 1.82) is 0 Å². The van der Waals surface area contributed by atoms with Crippen LogP contribution in [0, 0.1) is 0 Å². The molecule has 1 aliphatic heterocycles. The van der Waals surface area contributed by atoms with Crippen molar-refractivity contribution < 1.29 is 4.79 Å². The van der Waals surface area contributed by atoms with Crippen LogP contribution in [0.15, 0.2) is 47.8 Å². The highest BCUT2D eigenvalue weighted by Crippen LogP contribution is 2.26. The van der Waals surface area contributed by atoms with Crippen molar-refractivity contribution in [2.24, 2.45) is 0 Å². The summed E-state index contributed by atoms with van der Waals surface area (Å²) < 4.78 is 3.63. The van der Waals surface area contributed by atoms with Crippen LogP contribution in [0.25, 0.3) is 5.65 Å². The highest BCUT2D eigenvalue weighted by atomic mass is 16.2. The van der Waals surface area contributed by atoms with Gasteiger partial charge in [0.2, 0.25) is 0 Å². The molecule has 3 aromatic heterocycles. The van der Waals surface area contributed by atoms with Gasteiger partial charge in [-0.3, -0.25) is 14.0 Å². The molecule has 0 aliphatic carbocycles. The second-order valence-corrected chi connectivity index (χ2v) is 7.33. The molecule has 0 N–H and O–H groups in total. The quantitative estimate of drug-likeness (QED) is 0.683. The number of hydrogen-bond acceptors (Lipinski definition) is 4. The van der Waals surface area contributed by atoms with Crippen LogP contribution in [-0.2, 0) is 6.54 Å². The largest absolute Gasteiger partial charge is 0.338 e. The van der Waals surface area contributed by atoms with Gasteiger partial charge in [-0.2, -0.15) is 0 Å². The Balaban J connectivity index is 1.57. The van der Waals surface area contributed by atoms with Crippen LogP contribution in [0.4, 0.5) is 0 Å². The third-order valence-electron chi connectivity index (χ3n) is 5.42. The lowest BCUT2D eigenvalue weighted by molar-refractivity contribution is 0.0701. The minimum atomic E-state index is -0.317. The molecular weight excluding hydrogens is 354 g/mol. The van der Waals surface area contributed by atoms with Gasteiger partial charge in [-0.05, 0) is 31.4 Å². The van der Waals surface area contributed by atoms with E-state index >= 15 is 0 Å². The normalized spacial score (nSPS) is 17.2. The highest BCUT2D eigenvalue weighted by Gasteiger charge is 2.29. The first-order valence-electron chi connectivity index (χ1n) is 9.95. The van der Waals surface area contributed by atoms with Crippen molar-refractivity contribution in [3.05, 3.63) is 64.7 Å². The summed E-state index contributed by atoms with van der Waals surface area (Å²) in [6.45, 7) is 4.36. The number of imidazole rings is 1. The van der Waals surface area contributed by atoms with E-state index in [4.69, 9.17) is 0 Å². The topological polar surface area (TPSA) is 72.5 Å². The number of hydrogen-bond donors (Lipinski definition) is 0. The number of fused-ring (bicyclic) bond motifs is 1. The molecule has 0 bridgehead atoms. The van der Waals surface area contributed by atoms with Crippen LogP contribution in [0.2, 0.25) is 0 Å². The molecule has 1 saturated heterocycles. The summed E-state index contributed by atoms with van der Waals surface area (Å²) in [7, 11) is 0. The second-order valence-electron chi connectivity index (χ2n) is 7.33. The number of piperidine rings is 1. The van der Waals surface area contributed by atoms with Gasteiger partial charge in [-0.15, -0.1) is 0 Å². The third-order valence-corrected chi connectivity index (χ3v) is 5.42. The fraction of sp³-hybridized carbons (Fsp3) is 0.429. The number of carbonyl (C=O) groups is 1. The molecule has 1 fully saturated rings. The smallest absolute Gasteiger partial charge is 0.270 e. The molecular formula is C21H25N5O2. The lowest BCUT2D eigenvalue weighted by atomic mass is 9.96. The van der Waals surface area contributed by atoms with E-state index in [1.54, 1.807) is 23.2 Å². The number of aryl methyl sites for hydroxylation is 1. The predicted octanol–water partition coefficient (Wildman–Crippen LogP) is 2.71. The van der Waals surface area contributed by atoms with E-state index in [0.717, 1.165) is 38.1 Å². The maximum atomic E-state index is 13.1. The van der Waals surface area contributed by atoms with E-state index in [1.807, 2.05) is 18.5 Å². The second kappa shape index (κ2) is 7.96. The molecule has 0 spiro atoms. The van der Waals surface area contributed by atoms with Crippen LogP contribution in [0.3, 0.4) is 0 Å². The Morgan fingerprint density at radius 1 is 1.25 bits per heavy atom. The first kappa shape index (κ1) is 18.4. The summed E-state index contributed by atoms with van der Waals surface area (Å²) in [4.78, 5) is 36.5. The van der Waals surface area contributed by atoms with E-state index < -0.39 is 0 Å². The Hall–Kier alpha value is -2.96. The summed E-state index contributed by atoms with van der Waals surface area (Å²) in [6.07, 6.45) is 11.1. The van der Waals surface area contributed by atoms with Crippen molar-refractivity contribution in [3.8, 4) is 0 Å². The molecule has 4 rings (SSSR count). The number of amides is 1. The van der Waals surface area contributed by atoms with Crippen molar-refractivity contribution >= 4 is 11.6 Å². The first-order chi connectivity index (χ1) is 13.7. The van der Waals surface area contributed by atoms with Crippen LogP contribution in [0.1, 0.15) is 54.7 Å². The van der Waals surface area contributed by atoms with E-state index in [-0.39, 0.29) is 22.9 Å². The first-order valence-corrected chi connectivity index (χ1v) is 9.95. The molecule has 4 heterocycles. The number of unbranched alkanes of at least 4 members (excludes halogenated alkanes) is 1. The van der Waals surface area contributed by atoms with Gasteiger partial charge in [0.05, 0.1) is 0 Å². The number of carbonyl (C=O) groups excluding carboxylic acids is 1. The molecule has 0 radical (unpaired) electrons. The summed E-state index contributed by atoms with van der Waals surface area (Å²) in [5, 5.41) is 0. The Bertz CT molecular complexity index is 1040. The van der Waals surface area contributed by atoms with Gasteiger partial charge < -0.3 is 9.47 Å². The van der Waals surface area contributed by atoms with Crippen molar-refractivity contribution in [3.63, 3.8) is 0 Å². The lowest BCUT2D eigenvalue weighted by Crippen LogP contribution is -2.42. The van der Waals surface area contributed by atoms with Crippen molar-refractivity contribution in [1.82, 2.24) is 23.8 Å². The minimum Gasteiger partial charge on any atom is -0.338 e. The molecule has 3 aromatic rings. The molecule has 28 heavy (non-hydrogen) atoms. The number of aromatic nitrogens is 4. The van der Waals surface area contributed by atoms with Crippen LogP contribution < -0.4 is 5.56 Å². The molecule has 0 unspecified atom stereocenters. The lowest BCUT2D eigenvalue weighted by Gasteiger charge is -2.32. The molecule has 1 atom stereocenters. The molecule has 1 aliphatic rings. The van der Waals surface area contributed by atoms with Crippen molar-refractivity contribution in [2.75, 3.05) is 13.1 Å². The number of rotatable bonds is 5. The molecule has 7 nitrogen and oxygen atoms in total. The average Bonchev–Trinajstić information content (AvgIpc) is 3.21. The van der Waals surface area contributed by atoms with Gasteiger partial charge in [0, 0.05) is 50.3 Å². The fourth-order valence-corrected chi connectivity index (χ4v) is 3.91. The monoisotopic (exact) mass is 379 g/mol. The standard InChI is InChI=1S/C21H25N5O2/c1-2-3-10-24-13-9-22-19(24)16-7-6-11-25(15-16)20(27)17-14-23-18-8-4-5-12-26(18)21(17)28/h4-5,8-9,12-14,16H,2-3,6-7,10-11,15H2,1H3/t16-/m0/s1. The van der Waals surface area contributed by atoms with Gasteiger partial charge in [0.15, 0.2) is 0 Å². The van der Waals surface area contributed by atoms with Gasteiger partial charge in [0.1, 0.15) is 17.0 Å². The fourth-order valence-electron chi connectivity index (χ4n) is 3.91. The SMILES string of the molecule is CCCCn1ccnc1[C@H]1CCCN(C(=O)c2cnc3ccccn3c2=O)C1. The summed E-state index contributed by atoms with van der Waals surface area (Å²) in [5.74, 6) is 0.993. The van der Waals surface area contributed by atoms with Gasteiger partial charge >= 0.3 is 0 Å². The van der Waals surface area contributed by atoms with E-state index in [0.29, 0.717) is 18.7 Å². The zero-order valence-corrected chi connectivity index (χ0v) is 16.1.